The first-order chi connectivity index (χ1) is 18.4. The first-order valence-corrected chi connectivity index (χ1v) is 15.7. The van der Waals surface area contributed by atoms with Gasteiger partial charge in [0.25, 0.3) is 5.56 Å². The lowest BCUT2D eigenvalue weighted by Gasteiger charge is -2.26. The minimum absolute atomic E-state index is 0.0503. The summed E-state index contributed by atoms with van der Waals surface area (Å²) in [6, 6.07) is 6.71. The number of thiophene rings is 1. The van der Waals surface area contributed by atoms with Gasteiger partial charge in [-0.05, 0) is 94.4 Å². The summed E-state index contributed by atoms with van der Waals surface area (Å²) >= 11 is 1.55. The summed E-state index contributed by atoms with van der Waals surface area (Å²) < 4.78 is 4.16. The molecule has 1 aliphatic heterocycles. The zero-order chi connectivity index (χ0) is 26.6. The van der Waals surface area contributed by atoms with Gasteiger partial charge in [0.2, 0.25) is 5.78 Å². The van der Waals surface area contributed by atoms with Crippen LogP contribution in [0.5, 0.6) is 0 Å². The minimum atomic E-state index is 0.0503. The first-order valence-electron chi connectivity index (χ1n) is 14.7. The minimum Gasteiger partial charge on any atom is -0.309 e. The molecule has 1 fully saturated rings. The van der Waals surface area contributed by atoms with Crippen molar-refractivity contribution in [3.8, 4) is 0 Å². The van der Waals surface area contributed by atoms with E-state index in [4.69, 9.17) is 4.98 Å². The molecule has 38 heavy (non-hydrogen) atoms. The Balaban J connectivity index is 1.49. The van der Waals surface area contributed by atoms with Crippen molar-refractivity contribution in [2.75, 3.05) is 32.7 Å². The number of imidazole rings is 1. The van der Waals surface area contributed by atoms with Gasteiger partial charge in [0.15, 0.2) is 0 Å². The zero-order valence-electron chi connectivity index (χ0n) is 23.8. The van der Waals surface area contributed by atoms with Crippen molar-refractivity contribution < 1.29 is 0 Å². The molecule has 0 aliphatic carbocycles. The van der Waals surface area contributed by atoms with E-state index in [1.807, 2.05) is 15.2 Å². The summed E-state index contributed by atoms with van der Waals surface area (Å²) in [5, 5.41) is 4.66. The van der Waals surface area contributed by atoms with E-state index in [0.717, 1.165) is 66.9 Å². The Hall–Kier alpha value is -2.22. The molecule has 0 radical (unpaired) electrons. The third kappa shape index (κ3) is 6.16. The topological polar surface area (TPSA) is 45.8 Å². The Labute approximate surface area is 231 Å². The van der Waals surface area contributed by atoms with Crippen LogP contribution in [0.15, 0.2) is 33.8 Å². The molecule has 5 rings (SSSR count). The van der Waals surface area contributed by atoms with Crippen molar-refractivity contribution >= 4 is 39.1 Å². The van der Waals surface area contributed by atoms with Crippen LogP contribution in [0, 0.1) is 11.8 Å². The molecule has 4 aromatic rings. The third-order valence-electron chi connectivity index (χ3n) is 8.06. The second-order valence-electron chi connectivity index (χ2n) is 12.1. The summed E-state index contributed by atoms with van der Waals surface area (Å²) in [4.78, 5) is 23.8. The van der Waals surface area contributed by atoms with Gasteiger partial charge in [0, 0.05) is 23.8 Å². The van der Waals surface area contributed by atoms with Gasteiger partial charge in [-0.25, -0.2) is 9.38 Å². The molecule has 0 amide bonds. The van der Waals surface area contributed by atoms with Crippen LogP contribution in [0.25, 0.3) is 27.7 Å². The zero-order valence-corrected chi connectivity index (χ0v) is 24.6. The van der Waals surface area contributed by atoms with Gasteiger partial charge in [-0.2, -0.15) is 0 Å². The molecule has 1 aromatic carbocycles. The standard InChI is InChI=1S/C31H45N5OS/c1-23(2)11-17-34(18-12-24(3)4)20-25-9-10-28-29(19-25)35(16-8-15-33-13-6-5-7-14-33)31-32-27-22-38-21-26(27)30(37)36(28)31/h9-10,19,21-24H,5-8,11-18,20H2,1-4H3. The molecular formula is C31H45N5OS. The molecule has 7 heteroatoms. The lowest BCUT2D eigenvalue weighted by molar-refractivity contribution is 0.223. The summed E-state index contributed by atoms with van der Waals surface area (Å²) in [5.41, 5.74) is 4.29. The fourth-order valence-corrected chi connectivity index (χ4v) is 6.48. The van der Waals surface area contributed by atoms with Gasteiger partial charge in [-0.15, -0.1) is 11.3 Å². The normalized spacial score (nSPS) is 15.3. The van der Waals surface area contributed by atoms with Crippen molar-refractivity contribution in [1.29, 1.82) is 0 Å². The highest BCUT2D eigenvalue weighted by Gasteiger charge is 2.18. The van der Waals surface area contributed by atoms with Gasteiger partial charge in [0.1, 0.15) is 0 Å². The van der Waals surface area contributed by atoms with Gasteiger partial charge < -0.3 is 9.47 Å². The van der Waals surface area contributed by atoms with Gasteiger partial charge in [-0.1, -0.05) is 40.2 Å². The molecule has 6 nitrogen and oxygen atoms in total. The van der Waals surface area contributed by atoms with E-state index in [0.29, 0.717) is 11.8 Å². The van der Waals surface area contributed by atoms with E-state index in [2.05, 4.69) is 60.3 Å². The Bertz CT molecular complexity index is 1400. The Kier molecular flexibility index (Phi) is 8.86. The summed E-state index contributed by atoms with van der Waals surface area (Å²) in [7, 11) is 0. The van der Waals surface area contributed by atoms with Gasteiger partial charge in [0.05, 0.1) is 21.9 Å². The second-order valence-corrected chi connectivity index (χ2v) is 12.8. The van der Waals surface area contributed by atoms with Crippen molar-refractivity contribution in [2.45, 2.75) is 79.3 Å². The number of nitrogens with zero attached hydrogens (tertiary/aromatic N) is 5. The third-order valence-corrected chi connectivity index (χ3v) is 8.80. The number of hydrogen-bond donors (Lipinski definition) is 0. The number of benzene rings is 1. The number of fused-ring (bicyclic) bond motifs is 4. The van der Waals surface area contributed by atoms with Gasteiger partial charge >= 0.3 is 0 Å². The molecule has 0 bridgehead atoms. The smallest absolute Gasteiger partial charge is 0.268 e. The van der Waals surface area contributed by atoms with Gasteiger partial charge in [-0.3, -0.25) is 9.69 Å². The summed E-state index contributed by atoms with van der Waals surface area (Å²) in [6.07, 6.45) is 7.49. The number of aryl methyl sites for hydroxylation is 1. The van der Waals surface area contributed by atoms with E-state index in [1.54, 1.807) is 11.3 Å². The lowest BCUT2D eigenvalue weighted by atomic mass is 10.1. The molecule has 3 aromatic heterocycles. The van der Waals surface area contributed by atoms with Crippen molar-refractivity contribution in [2.24, 2.45) is 11.8 Å². The Morgan fingerprint density at radius 2 is 1.68 bits per heavy atom. The highest BCUT2D eigenvalue weighted by Crippen LogP contribution is 2.25. The predicted molar refractivity (Wildman–Crippen MR) is 161 cm³/mol. The van der Waals surface area contributed by atoms with Crippen LogP contribution in [-0.4, -0.2) is 56.5 Å². The average molecular weight is 536 g/mol. The maximum atomic E-state index is 13.6. The molecule has 206 valence electrons. The molecule has 4 heterocycles. The number of rotatable bonds is 12. The monoisotopic (exact) mass is 535 g/mol. The summed E-state index contributed by atoms with van der Waals surface area (Å²) in [6.45, 7) is 16.8. The SMILES string of the molecule is CC(C)CCN(CCC(C)C)Cc1ccc2c(c1)n(CCCN1CCCCC1)c1nc3cscc3c(=O)n21. The van der Waals surface area contributed by atoms with Crippen LogP contribution >= 0.6 is 11.3 Å². The second kappa shape index (κ2) is 12.3. The number of hydrogen-bond acceptors (Lipinski definition) is 5. The van der Waals surface area contributed by atoms with E-state index in [-0.39, 0.29) is 5.56 Å². The quantitative estimate of drug-likeness (QED) is 0.204. The molecule has 0 unspecified atom stereocenters. The van der Waals surface area contributed by atoms with Crippen molar-refractivity contribution in [3.05, 3.63) is 44.9 Å². The van der Waals surface area contributed by atoms with Crippen LogP contribution in [0.2, 0.25) is 0 Å². The van der Waals surface area contributed by atoms with Crippen LogP contribution in [-0.2, 0) is 13.1 Å². The fraction of sp³-hybridized carbons (Fsp3) is 0.613. The fourth-order valence-electron chi connectivity index (χ4n) is 5.75. The Morgan fingerprint density at radius 3 is 2.39 bits per heavy atom. The van der Waals surface area contributed by atoms with Crippen molar-refractivity contribution in [3.63, 3.8) is 0 Å². The Morgan fingerprint density at radius 1 is 0.947 bits per heavy atom. The molecular weight excluding hydrogens is 490 g/mol. The van der Waals surface area contributed by atoms with Crippen LogP contribution in [0.3, 0.4) is 0 Å². The van der Waals surface area contributed by atoms with E-state index in [9.17, 15) is 4.79 Å². The molecule has 0 spiro atoms. The van der Waals surface area contributed by atoms with E-state index >= 15 is 0 Å². The number of piperidine rings is 1. The molecule has 0 atom stereocenters. The highest BCUT2D eigenvalue weighted by molar-refractivity contribution is 7.09. The molecule has 1 saturated heterocycles. The maximum absolute atomic E-state index is 13.6. The van der Waals surface area contributed by atoms with Crippen LogP contribution in [0.4, 0.5) is 0 Å². The molecule has 0 N–H and O–H groups in total. The molecule has 0 saturated carbocycles. The first kappa shape index (κ1) is 27.4. The average Bonchev–Trinajstić information content (AvgIpc) is 3.49. The maximum Gasteiger partial charge on any atom is 0.268 e. The van der Waals surface area contributed by atoms with E-state index < -0.39 is 0 Å². The van der Waals surface area contributed by atoms with Crippen molar-refractivity contribution in [1.82, 2.24) is 23.8 Å². The predicted octanol–water partition coefficient (Wildman–Crippen LogP) is 6.63. The number of likely N-dealkylation sites (tertiary alicyclic amines) is 1. The summed E-state index contributed by atoms with van der Waals surface area (Å²) in [5.74, 6) is 2.18. The van der Waals surface area contributed by atoms with Crippen LogP contribution < -0.4 is 5.56 Å². The highest BCUT2D eigenvalue weighted by atomic mass is 32.1. The molecule has 1 aliphatic rings. The lowest BCUT2D eigenvalue weighted by Crippen LogP contribution is -2.31. The van der Waals surface area contributed by atoms with E-state index in [1.165, 1.54) is 50.8 Å². The van der Waals surface area contributed by atoms with Crippen LogP contribution in [0.1, 0.15) is 71.8 Å². The largest absolute Gasteiger partial charge is 0.309 e. The number of aromatic nitrogens is 3.